The van der Waals surface area contributed by atoms with Crippen molar-refractivity contribution < 1.29 is 4.79 Å². The third-order valence-electron chi connectivity index (χ3n) is 1.22. The molecule has 2 N–H and O–H groups in total. The van der Waals surface area contributed by atoms with Gasteiger partial charge < -0.3 is 0 Å². The van der Waals surface area contributed by atoms with Crippen LogP contribution in [0.15, 0.2) is 30.3 Å². The van der Waals surface area contributed by atoms with Crippen molar-refractivity contribution in [1.29, 1.82) is 0 Å². The van der Waals surface area contributed by atoms with Crippen LogP contribution >= 0.6 is 22.6 Å². The Kier molecular flexibility index (Phi) is 2.84. The average molecular weight is 262 g/mol. The highest BCUT2D eigenvalue weighted by Crippen LogP contribution is 2.11. The Morgan fingerprint density at radius 3 is 2.36 bits per heavy atom. The summed E-state index contributed by atoms with van der Waals surface area (Å²) in [7, 11) is 0. The van der Waals surface area contributed by atoms with E-state index >= 15 is 0 Å². The van der Waals surface area contributed by atoms with Gasteiger partial charge in [0.25, 0.3) is 0 Å². The first-order chi connectivity index (χ1) is 5.22. The van der Waals surface area contributed by atoms with Crippen molar-refractivity contribution in [3.05, 3.63) is 30.3 Å². The van der Waals surface area contributed by atoms with E-state index in [1.165, 1.54) is 0 Å². The van der Waals surface area contributed by atoms with E-state index in [1.807, 2.05) is 18.2 Å². The number of amides is 1. The Morgan fingerprint density at radius 1 is 1.36 bits per heavy atom. The average Bonchev–Trinajstić information content (AvgIpc) is 2.05. The predicted octanol–water partition coefficient (Wildman–Crippen LogP) is 1.92. The molecule has 1 amide bonds. The zero-order chi connectivity index (χ0) is 8.27. The summed E-state index contributed by atoms with van der Waals surface area (Å²) in [6.45, 7) is 0. The Balaban J connectivity index is 2.85. The lowest BCUT2D eigenvalue weighted by Gasteiger charge is -2.11. The number of hydrogen-bond acceptors (Lipinski definition) is 2. The summed E-state index contributed by atoms with van der Waals surface area (Å²) in [6.07, 6.45) is 0. The molecule has 0 unspecified atom stereocenters. The molecule has 4 heteroatoms. The van der Waals surface area contributed by atoms with Gasteiger partial charge in [-0.15, -0.1) is 0 Å². The predicted molar refractivity (Wildman–Crippen MR) is 52.5 cm³/mol. The minimum atomic E-state index is -0.200. The van der Waals surface area contributed by atoms with Gasteiger partial charge in [0.05, 0.1) is 5.69 Å². The van der Waals surface area contributed by atoms with Crippen molar-refractivity contribution in [2.24, 2.45) is 5.84 Å². The normalized spacial score (nSPS) is 9.27. The summed E-state index contributed by atoms with van der Waals surface area (Å²) in [4.78, 5) is 10.7. The molecule has 0 heterocycles. The van der Waals surface area contributed by atoms with E-state index in [9.17, 15) is 4.79 Å². The molecule has 0 radical (unpaired) electrons. The molecule has 1 rings (SSSR count). The molecule has 0 fully saturated rings. The molecule has 0 aliphatic rings. The minimum absolute atomic E-state index is 0.200. The van der Waals surface area contributed by atoms with Crippen LogP contribution < -0.4 is 10.9 Å². The molecule has 0 saturated carbocycles. The maximum atomic E-state index is 10.7. The molecule has 1 aromatic carbocycles. The van der Waals surface area contributed by atoms with Gasteiger partial charge in [0, 0.05) is 22.6 Å². The van der Waals surface area contributed by atoms with Crippen LogP contribution in [-0.2, 0) is 0 Å². The number of carbonyl (C=O) groups is 1. The summed E-state index contributed by atoms with van der Waals surface area (Å²) in [6, 6.07) is 9.08. The molecule has 0 bridgehead atoms. The van der Waals surface area contributed by atoms with Gasteiger partial charge in [-0.3, -0.25) is 4.79 Å². The second-order valence-electron chi connectivity index (χ2n) is 1.96. The number of nitrogens with two attached hydrogens (primary N) is 1. The van der Waals surface area contributed by atoms with Gasteiger partial charge >= 0.3 is 3.91 Å². The second-order valence-corrected chi connectivity index (χ2v) is 2.88. The van der Waals surface area contributed by atoms with E-state index in [1.54, 1.807) is 34.7 Å². The molecule has 0 aromatic heterocycles. The Labute approximate surface area is 78.3 Å². The van der Waals surface area contributed by atoms with Gasteiger partial charge in [-0.05, 0) is 12.1 Å². The van der Waals surface area contributed by atoms with Gasteiger partial charge in [0.1, 0.15) is 0 Å². The SMILES string of the molecule is NN(C(=O)I)c1ccccc1. The number of rotatable bonds is 1. The van der Waals surface area contributed by atoms with Gasteiger partial charge in [0.15, 0.2) is 0 Å². The first-order valence-corrected chi connectivity index (χ1v) is 4.09. The van der Waals surface area contributed by atoms with Crippen LogP contribution in [0.3, 0.4) is 0 Å². The number of halogens is 1. The van der Waals surface area contributed by atoms with Crippen LogP contribution in [0, 0.1) is 0 Å². The lowest BCUT2D eigenvalue weighted by molar-refractivity contribution is 0.267. The van der Waals surface area contributed by atoms with E-state index in [0.29, 0.717) is 5.69 Å². The number of hydrazine groups is 1. The summed E-state index contributed by atoms with van der Waals surface area (Å²) < 4.78 is -0.200. The van der Waals surface area contributed by atoms with E-state index in [-0.39, 0.29) is 3.91 Å². The molecule has 3 nitrogen and oxygen atoms in total. The van der Waals surface area contributed by atoms with Crippen LogP contribution in [0.4, 0.5) is 10.5 Å². The quantitative estimate of drug-likeness (QED) is 0.210. The fourth-order valence-electron chi connectivity index (χ4n) is 0.690. The lowest BCUT2D eigenvalue weighted by Crippen LogP contribution is -2.32. The van der Waals surface area contributed by atoms with Crippen molar-refractivity contribution in [3.63, 3.8) is 0 Å². The van der Waals surface area contributed by atoms with Crippen LogP contribution in [-0.4, -0.2) is 3.91 Å². The van der Waals surface area contributed by atoms with Gasteiger partial charge in [0.2, 0.25) is 0 Å². The number of nitrogens with zero attached hydrogens (tertiary/aromatic N) is 1. The third-order valence-corrected chi connectivity index (χ3v) is 1.74. The van der Waals surface area contributed by atoms with E-state index in [4.69, 9.17) is 5.84 Å². The number of anilines is 1. The van der Waals surface area contributed by atoms with E-state index in [2.05, 4.69) is 0 Å². The topological polar surface area (TPSA) is 46.3 Å². The number of para-hydroxylation sites is 1. The zero-order valence-corrected chi connectivity index (χ0v) is 7.86. The van der Waals surface area contributed by atoms with Crippen molar-refractivity contribution in [1.82, 2.24) is 0 Å². The van der Waals surface area contributed by atoms with Gasteiger partial charge in [-0.2, -0.15) is 0 Å². The molecule has 0 atom stereocenters. The smallest absolute Gasteiger partial charge is 0.261 e. The highest BCUT2D eigenvalue weighted by molar-refractivity contribution is 14.1. The van der Waals surface area contributed by atoms with Crippen molar-refractivity contribution in [3.8, 4) is 0 Å². The van der Waals surface area contributed by atoms with Gasteiger partial charge in [-0.25, -0.2) is 10.9 Å². The number of benzene rings is 1. The molecule has 11 heavy (non-hydrogen) atoms. The van der Waals surface area contributed by atoms with Crippen LogP contribution in [0.2, 0.25) is 0 Å². The molecule has 58 valence electrons. The van der Waals surface area contributed by atoms with Crippen molar-refractivity contribution in [2.45, 2.75) is 0 Å². The fourth-order valence-corrected chi connectivity index (χ4v) is 0.969. The van der Waals surface area contributed by atoms with Crippen molar-refractivity contribution in [2.75, 3.05) is 5.01 Å². The second kappa shape index (κ2) is 3.68. The summed E-state index contributed by atoms with van der Waals surface area (Å²) in [5.74, 6) is 5.41. The van der Waals surface area contributed by atoms with Crippen molar-refractivity contribution >= 4 is 32.2 Å². The molecule has 1 aromatic rings. The fraction of sp³-hybridized carbons (Fsp3) is 0. The lowest BCUT2D eigenvalue weighted by atomic mass is 10.3. The van der Waals surface area contributed by atoms with Crippen LogP contribution in [0.25, 0.3) is 0 Å². The Morgan fingerprint density at radius 2 is 1.91 bits per heavy atom. The monoisotopic (exact) mass is 262 g/mol. The summed E-state index contributed by atoms with van der Waals surface area (Å²) in [5.41, 5.74) is 0.701. The first kappa shape index (κ1) is 8.48. The molecule has 0 aliphatic carbocycles. The maximum absolute atomic E-state index is 10.7. The highest BCUT2D eigenvalue weighted by Gasteiger charge is 2.05. The van der Waals surface area contributed by atoms with E-state index < -0.39 is 0 Å². The standard InChI is InChI=1S/C7H7IN2O/c8-7(11)10(9)6-4-2-1-3-5-6/h1-5H,9H2. The first-order valence-electron chi connectivity index (χ1n) is 3.01. The third kappa shape index (κ3) is 2.16. The Bertz CT molecular complexity index is 250. The summed E-state index contributed by atoms with van der Waals surface area (Å²) in [5, 5.41) is 1.10. The molecular formula is C7H7IN2O. The van der Waals surface area contributed by atoms with E-state index in [0.717, 1.165) is 5.01 Å². The molecular weight excluding hydrogens is 255 g/mol. The minimum Gasteiger partial charge on any atom is -0.261 e. The largest absolute Gasteiger partial charge is 0.301 e. The van der Waals surface area contributed by atoms with Crippen LogP contribution in [0.1, 0.15) is 0 Å². The van der Waals surface area contributed by atoms with Gasteiger partial charge in [-0.1, -0.05) is 18.2 Å². The Hall–Kier alpha value is -0.620. The van der Waals surface area contributed by atoms with Crippen LogP contribution in [0.5, 0.6) is 0 Å². The number of hydrogen-bond donors (Lipinski definition) is 1. The maximum Gasteiger partial charge on any atom is 0.301 e. The molecule has 0 aliphatic heterocycles. The summed E-state index contributed by atoms with van der Waals surface area (Å²) >= 11 is 1.63. The molecule has 0 saturated heterocycles. The molecule has 0 spiro atoms. The zero-order valence-electron chi connectivity index (χ0n) is 5.70. The number of carbonyl (C=O) groups excluding carboxylic acids is 1. The highest BCUT2D eigenvalue weighted by atomic mass is 127.